The van der Waals surface area contributed by atoms with Crippen molar-refractivity contribution in [2.75, 3.05) is 13.2 Å². The first kappa shape index (κ1) is 22.3. The standard InChI is InChI=1S/C25H27NO5S/c27-18-22-6-5-15-26(22)17-20-11-13-21(14-12-20)19-30-23-7-4-8-24(16-23)31-32(28,29)25-9-2-1-3-10-25/h1-4,7-14,16,22,27H,5-6,15,17-19H2/t22-/m1/s1. The van der Waals surface area contributed by atoms with Crippen molar-refractivity contribution < 1.29 is 22.4 Å². The summed E-state index contributed by atoms with van der Waals surface area (Å²) >= 11 is 0. The van der Waals surface area contributed by atoms with Gasteiger partial charge in [-0.25, -0.2) is 0 Å². The Morgan fingerprint density at radius 2 is 1.62 bits per heavy atom. The summed E-state index contributed by atoms with van der Waals surface area (Å²) in [7, 11) is -3.89. The zero-order valence-electron chi connectivity index (χ0n) is 17.8. The number of benzene rings is 3. The average molecular weight is 454 g/mol. The van der Waals surface area contributed by atoms with Gasteiger partial charge in [-0.1, -0.05) is 48.5 Å². The molecule has 0 aromatic heterocycles. The normalized spacial score (nSPS) is 16.7. The maximum Gasteiger partial charge on any atom is 0.339 e. The molecule has 0 unspecified atom stereocenters. The van der Waals surface area contributed by atoms with Gasteiger partial charge in [0.15, 0.2) is 0 Å². The van der Waals surface area contributed by atoms with E-state index in [-0.39, 0.29) is 23.3 Å². The molecule has 0 aliphatic carbocycles. The third-order valence-corrected chi connectivity index (χ3v) is 6.83. The van der Waals surface area contributed by atoms with Crippen LogP contribution in [0.15, 0.2) is 83.8 Å². The second kappa shape index (κ2) is 10.2. The molecule has 0 radical (unpaired) electrons. The molecule has 1 atom stereocenters. The molecule has 168 valence electrons. The summed E-state index contributed by atoms with van der Waals surface area (Å²) in [5.74, 6) is 0.725. The fourth-order valence-electron chi connectivity index (χ4n) is 3.83. The van der Waals surface area contributed by atoms with E-state index < -0.39 is 10.1 Å². The van der Waals surface area contributed by atoms with Crippen LogP contribution >= 0.6 is 0 Å². The highest BCUT2D eigenvalue weighted by molar-refractivity contribution is 7.87. The first-order valence-corrected chi connectivity index (χ1v) is 12.1. The van der Waals surface area contributed by atoms with Crippen molar-refractivity contribution in [3.05, 3.63) is 90.0 Å². The molecule has 1 heterocycles. The SMILES string of the molecule is O=S(=O)(Oc1cccc(OCc2ccc(CN3CCC[C@@H]3CO)cc2)c1)c1ccccc1. The number of aliphatic hydroxyl groups excluding tert-OH is 1. The molecule has 32 heavy (non-hydrogen) atoms. The Morgan fingerprint density at radius 1 is 0.906 bits per heavy atom. The summed E-state index contributed by atoms with van der Waals surface area (Å²) in [5, 5.41) is 9.48. The maximum atomic E-state index is 12.4. The lowest BCUT2D eigenvalue weighted by Crippen LogP contribution is -2.31. The fraction of sp³-hybridized carbons (Fsp3) is 0.280. The van der Waals surface area contributed by atoms with E-state index in [0.717, 1.165) is 31.5 Å². The van der Waals surface area contributed by atoms with Crippen molar-refractivity contribution in [2.24, 2.45) is 0 Å². The van der Waals surface area contributed by atoms with Crippen molar-refractivity contribution in [2.45, 2.75) is 36.9 Å². The molecule has 6 nitrogen and oxygen atoms in total. The van der Waals surface area contributed by atoms with Gasteiger partial charge >= 0.3 is 10.1 Å². The largest absolute Gasteiger partial charge is 0.489 e. The second-order valence-corrected chi connectivity index (χ2v) is 9.43. The predicted molar refractivity (Wildman–Crippen MR) is 122 cm³/mol. The fourth-order valence-corrected chi connectivity index (χ4v) is 4.77. The third-order valence-electron chi connectivity index (χ3n) is 5.57. The quantitative estimate of drug-likeness (QED) is 0.494. The number of hydrogen-bond acceptors (Lipinski definition) is 6. The Bertz CT molecular complexity index is 1120. The van der Waals surface area contributed by atoms with E-state index in [0.29, 0.717) is 12.4 Å². The minimum atomic E-state index is -3.89. The summed E-state index contributed by atoms with van der Waals surface area (Å²) in [4.78, 5) is 2.42. The van der Waals surface area contributed by atoms with E-state index in [9.17, 15) is 13.5 Å². The Kier molecular flexibility index (Phi) is 7.09. The molecular weight excluding hydrogens is 426 g/mol. The third kappa shape index (κ3) is 5.68. The van der Waals surface area contributed by atoms with E-state index in [1.807, 2.05) is 12.1 Å². The first-order valence-electron chi connectivity index (χ1n) is 10.7. The summed E-state index contributed by atoms with van der Waals surface area (Å²) in [6.45, 7) is 2.43. The highest BCUT2D eigenvalue weighted by Crippen LogP contribution is 2.24. The summed E-state index contributed by atoms with van der Waals surface area (Å²) in [6.07, 6.45) is 2.18. The highest BCUT2D eigenvalue weighted by atomic mass is 32.2. The molecule has 3 aromatic carbocycles. The van der Waals surface area contributed by atoms with Gasteiger partial charge in [-0.3, -0.25) is 4.90 Å². The minimum Gasteiger partial charge on any atom is -0.489 e. The van der Waals surface area contributed by atoms with Crippen molar-refractivity contribution >= 4 is 10.1 Å². The van der Waals surface area contributed by atoms with Crippen LogP contribution < -0.4 is 8.92 Å². The topological polar surface area (TPSA) is 76.1 Å². The van der Waals surface area contributed by atoms with E-state index in [1.165, 1.54) is 17.7 Å². The van der Waals surface area contributed by atoms with Gasteiger partial charge in [0.25, 0.3) is 0 Å². The summed E-state index contributed by atoms with van der Waals surface area (Å²) in [5.41, 5.74) is 2.22. The number of ether oxygens (including phenoxy) is 1. The van der Waals surface area contributed by atoms with Crippen LogP contribution in [0.1, 0.15) is 24.0 Å². The van der Waals surface area contributed by atoms with Crippen molar-refractivity contribution in [1.29, 1.82) is 0 Å². The lowest BCUT2D eigenvalue weighted by Gasteiger charge is -2.22. The maximum absolute atomic E-state index is 12.4. The zero-order valence-corrected chi connectivity index (χ0v) is 18.6. The molecule has 3 aromatic rings. The molecule has 0 bridgehead atoms. The number of rotatable bonds is 9. The van der Waals surface area contributed by atoms with Gasteiger partial charge in [0.2, 0.25) is 0 Å². The molecule has 1 aliphatic heterocycles. The number of nitrogens with zero attached hydrogens (tertiary/aromatic N) is 1. The Labute approximate surface area is 189 Å². The van der Waals surface area contributed by atoms with Gasteiger partial charge < -0.3 is 14.0 Å². The van der Waals surface area contributed by atoms with Crippen LogP contribution in [-0.4, -0.2) is 37.6 Å². The molecule has 1 saturated heterocycles. The average Bonchev–Trinajstić information content (AvgIpc) is 3.26. The second-order valence-electron chi connectivity index (χ2n) is 7.88. The molecule has 0 amide bonds. The van der Waals surface area contributed by atoms with Gasteiger partial charge in [-0.2, -0.15) is 8.42 Å². The molecule has 0 spiro atoms. The molecular formula is C25H27NO5S. The molecule has 1 fully saturated rings. The lowest BCUT2D eigenvalue weighted by atomic mass is 10.1. The molecule has 7 heteroatoms. The molecule has 1 aliphatic rings. The van der Waals surface area contributed by atoms with Gasteiger partial charge in [0.05, 0.1) is 6.61 Å². The van der Waals surface area contributed by atoms with Crippen molar-refractivity contribution in [3.8, 4) is 11.5 Å². The predicted octanol–water partition coefficient (Wildman–Crippen LogP) is 3.99. The highest BCUT2D eigenvalue weighted by Gasteiger charge is 2.23. The monoisotopic (exact) mass is 453 g/mol. The van der Waals surface area contributed by atoms with Gasteiger partial charge in [0.1, 0.15) is 23.0 Å². The van der Waals surface area contributed by atoms with Crippen LogP contribution in [-0.2, 0) is 23.3 Å². The minimum absolute atomic E-state index is 0.102. The van der Waals surface area contributed by atoms with Gasteiger partial charge in [-0.15, -0.1) is 0 Å². The van der Waals surface area contributed by atoms with Crippen LogP contribution in [0.5, 0.6) is 11.5 Å². The number of hydrogen-bond donors (Lipinski definition) is 1. The Hall–Kier alpha value is -2.87. The number of aliphatic hydroxyl groups is 1. The van der Waals surface area contributed by atoms with Gasteiger partial charge in [0, 0.05) is 18.7 Å². The molecule has 0 saturated carbocycles. The van der Waals surface area contributed by atoms with Crippen LogP contribution in [0.4, 0.5) is 0 Å². The van der Waals surface area contributed by atoms with Crippen LogP contribution in [0.25, 0.3) is 0 Å². The van der Waals surface area contributed by atoms with Crippen LogP contribution in [0.3, 0.4) is 0 Å². The lowest BCUT2D eigenvalue weighted by molar-refractivity contribution is 0.153. The van der Waals surface area contributed by atoms with Crippen molar-refractivity contribution in [1.82, 2.24) is 4.90 Å². The molecule has 1 N–H and O–H groups in total. The zero-order chi connectivity index (χ0) is 22.4. The van der Waals surface area contributed by atoms with E-state index in [4.69, 9.17) is 8.92 Å². The summed E-state index contributed by atoms with van der Waals surface area (Å²) in [6, 6.07) is 23.1. The van der Waals surface area contributed by atoms with Gasteiger partial charge in [-0.05, 0) is 54.8 Å². The van der Waals surface area contributed by atoms with Crippen LogP contribution in [0.2, 0.25) is 0 Å². The Balaban J connectivity index is 1.34. The Morgan fingerprint density at radius 3 is 2.38 bits per heavy atom. The molecule has 4 rings (SSSR count). The van der Waals surface area contributed by atoms with E-state index >= 15 is 0 Å². The summed E-state index contributed by atoms with van der Waals surface area (Å²) < 4.78 is 35.9. The van der Waals surface area contributed by atoms with Crippen molar-refractivity contribution in [3.63, 3.8) is 0 Å². The smallest absolute Gasteiger partial charge is 0.339 e. The first-order chi connectivity index (χ1) is 15.5. The number of likely N-dealkylation sites (tertiary alicyclic amines) is 1. The van der Waals surface area contributed by atoms with E-state index in [2.05, 4.69) is 17.0 Å². The van der Waals surface area contributed by atoms with Crippen LogP contribution in [0, 0.1) is 0 Å². The van der Waals surface area contributed by atoms with E-state index in [1.54, 1.807) is 42.5 Å².